The van der Waals surface area contributed by atoms with Crippen molar-refractivity contribution in [1.82, 2.24) is 5.32 Å². The van der Waals surface area contributed by atoms with Gasteiger partial charge in [0.15, 0.2) is 0 Å². The smallest absolute Gasteiger partial charge is 0.262 e. The van der Waals surface area contributed by atoms with Crippen LogP contribution in [0.4, 0.5) is 4.39 Å². The Morgan fingerprint density at radius 1 is 1.08 bits per heavy atom. The first kappa shape index (κ1) is 15.1. The molecule has 4 heteroatoms. The van der Waals surface area contributed by atoms with Crippen molar-refractivity contribution in [3.63, 3.8) is 0 Å². The molecule has 0 radical (unpaired) electrons. The predicted octanol–water partition coefficient (Wildman–Crippen LogP) is 4.97. The van der Waals surface area contributed by atoms with Crippen molar-refractivity contribution in [3.8, 4) is 11.1 Å². The SMILES string of the molecule is O=C(N[C@H]1CCc2ccccc21)c1sccc1-c1ccc(F)cc1. The third-order valence-electron chi connectivity index (χ3n) is 4.46. The lowest BCUT2D eigenvalue weighted by molar-refractivity contribution is 0.0941. The fourth-order valence-corrected chi connectivity index (χ4v) is 4.09. The molecule has 1 aromatic heterocycles. The molecule has 1 heterocycles. The van der Waals surface area contributed by atoms with Gasteiger partial charge in [0.1, 0.15) is 5.82 Å². The summed E-state index contributed by atoms with van der Waals surface area (Å²) in [4.78, 5) is 13.4. The van der Waals surface area contributed by atoms with Crippen LogP contribution < -0.4 is 5.32 Å². The fourth-order valence-electron chi connectivity index (χ4n) is 3.27. The number of carbonyl (C=O) groups excluding carboxylic acids is 1. The highest BCUT2D eigenvalue weighted by Gasteiger charge is 2.25. The number of rotatable bonds is 3. The van der Waals surface area contributed by atoms with Gasteiger partial charge in [0.2, 0.25) is 0 Å². The summed E-state index contributed by atoms with van der Waals surface area (Å²) < 4.78 is 13.1. The molecule has 0 unspecified atom stereocenters. The van der Waals surface area contributed by atoms with Crippen LogP contribution >= 0.6 is 11.3 Å². The maximum Gasteiger partial charge on any atom is 0.262 e. The Balaban J connectivity index is 1.58. The van der Waals surface area contributed by atoms with Crippen LogP contribution in [-0.4, -0.2) is 5.91 Å². The Morgan fingerprint density at radius 2 is 1.88 bits per heavy atom. The van der Waals surface area contributed by atoms with Crippen LogP contribution in [0.25, 0.3) is 11.1 Å². The minimum atomic E-state index is -0.275. The van der Waals surface area contributed by atoms with Gasteiger partial charge in [-0.1, -0.05) is 36.4 Å². The normalized spacial score (nSPS) is 16.0. The summed E-state index contributed by atoms with van der Waals surface area (Å²) in [6.45, 7) is 0. The van der Waals surface area contributed by atoms with Crippen LogP contribution in [0.1, 0.15) is 33.3 Å². The van der Waals surface area contributed by atoms with Crippen molar-refractivity contribution >= 4 is 17.2 Å². The summed E-state index contributed by atoms with van der Waals surface area (Å²) in [6.07, 6.45) is 1.93. The lowest BCUT2D eigenvalue weighted by atomic mass is 10.1. The lowest BCUT2D eigenvalue weighted by Crippen LogP contribution is -2.26. The van der Waals surface area contributed by atoms with Crippen LogP contribution in [0.5, 0.6) is 0 Å². The predicted molar refractivity (Wildman–Crippen MR) is 94.7 cm³/mol. The topological polar surface area (TPSA) is 29.1 Å². The van der Waals surface area contributed by atoms with Crippen molar-refractivity contribution in [1.29, 1.82) is 0 Å². The number of aryl methyl sites for hydroxylation is 1. The second-order valence-electron chi connectivity index (χ2n) is 5.93. The number of thiophene rings is 1. The van der Waals surface area contributed by atoms with Gasteiger partial charge in [-0.3, -0.25) is 4.79 Å². The van der Waals surface area contributed by atoms with E-state index in [1.807, 2.05) is 23.6 Å². The molecule has 1 N–H and O–H groups in total. The molecule has 120 valence electrons. The van der Waals surface area contributed by atoms with Gasteiger partial charge in [-0.05, 0) is 53.1 Å². The molecule has 0 saturated carbocycles. The second-order valence-corrected chi connectivity index (χ2v) is 6.85. The first-order valence-electron chi connectivity index (χ1n) is 7.94. The van der Waals surface area contributed by atoms with E-state index >= 15 is 0 Å². The molecule has 1 aliphatic rings. The van der Waals surface area contributed by atoms with Gasteiger partial charge in [-0.15, -0.1) is 11.3 Å². The van der Waals surface area contributed by atoms with Gasteiger partial charge in [0.05, 0.1) is 10.9 Å². The van der Waals surface area contributed by atoms with Gasteiger partial charge < -0.3 is 5.32 Å². The van der Waals surface area contributed by atoms with Crippen LogP contribution in [0.2, 0.25) is 0 Å². The first-order chi connectivity index (χ1) is 11.7. The molecular formula is C20H16FNOS. The van der Waals surface area contributed by atoms with E-state index in [4.69, 9.17) is 0 Å². The van der Waals surface area contributed by atoms with Crippen molar-refractivity contribution < 1.29 is 9.18 Å². The molecule has 24 heavy (non-hydrogen) atoms. The Morgan fingerprint density at radius 3 is 2.71 bits per heavy atom. The number of benzene rings is 2. The highest BCUT2D eigenvalue weighted by Crippen LogP contribution is 2.33. The molecular weight excluding hydrogens is 321 g/mol. The number of carbonyl (C=O) groups is 1. The third-order valence-corrected chi connectivity index (χ3v) is 5.38. The average Bonchev–Trinajstić information content (AvgIpc) is 3.23. The highest BCUT2D eigenvalue weighted by molar-refractivity contribution is 7.12. The van der Waals surface area contributed by atoms with Crippen molar-refractivity contribution in [2.45, 2.75) is 18.9 Å². The van der Waals surface area contributed by atoms with Crippen LogP contribution in [-0.2, 0) is 6.42 Å². The maximum absolute atomic E-state index is 13.1. The third kappa shape index (κ3) is 2.74. The van der Waals surface area contributed by atoms with E-state index in [1.54, 1.807) is 12.1 Å². The largest absolute Gasteiger partial charge is 0.344 e. The summed E-state index contributed by atoms with van der Waals surface area (Å²) >= 11 is 1.42. The zero-order valence-electron chi connectivity index (χ0n) is 13.0. The second kappa shape index (κ2) is 6.21. The monoisotopic (exact) mass is 337 g/mol. The molecule has 0 saturated heterocycles. The van der Waals surface area contributed by atoms with E-state index < -0.39 is 0 Å². The molecule has 4 rings (SSSR count). The number of fused-ring (bicyclic) bond motifs is 1. The maximum atomic E-state index is 13.1. The molecule has 3 aromatic rings. The molecule has 0 bridgehead atoms. The zero-order valence-corrected chi connectivity index (χ0v) is 13.8. The van der Waals surface area contributed by atoms with Crippen molar-refractivity contribution in [2.75, 3.05) is 0 Å². The molecule has 1 amide bonds. The minimum absolute atomic E-state index is 0.0639. The summed E-state index contributed by atoms with van der Waals surface area (Å²) in [6, 6.07) is 16.5. The zero-order chi connectivity index (χ0) is 16.5. The van der Waals surface area contributed by atoms with Gasteiger partial charge in [-0.2, -0.15) is 0 Å². The Labute approximate surface area is 144 Å². The lowest BCUT2D eigenvalue weighted by Gasteiger charge is -2.14. The summed E-state index contributed by atoms with van der Waals surface area (Å²) in [5.74, 6) is -0.339. The van der Waals surface area contributed by atoms with Gasteiger partial charge in [-0.25, -0.2) is 4.39 Å². The van der Waals surface area contributed by atoms with E-state index in [1.165, 1.54) is 34.6 Å². The number of nitrogens with one attached hydrogen (secondary N) is 1. The van der Waals surface area contributed by atoms with Crippen LogP contribution in [0.3, 0.4) is 0 Å². The first-order valence-corrected chi connectivity index (χ1v) is 8.82. The molecule has 0 fully saturated rings. The summed E-state index contributed by atoms with van der Waals surface area (Å²) in [5, 5.41) is 5.06. The fraction of sp³-hybridized carbons (Fsp3) is 0.150. The van der Waals surface area contributed by atoms with Gasteiger partial charge >= 0.3 is 0 Å². The van der Waals surface area contributed by atoms with E-state index in [-0.39, 0.29) is 17.8 Å². The summed E-state index contributed by atoms with van der Waals surface area (Å²) in [7, 11) is 0. The van der Waals surface area contributed by atoms with Gasteiger partial charge in [0.25, 0.3) is 5.91 Å². The van der Waals surface area contributed by atoms with E-state index in [2.05, 4.69) is 17.4 Å². The quantitative estimate of drug-likeness (QED) is 0.718. The van der Waals surface area contributed by atoms with Gasteiger partial charge in [0, 0.05) is 5.56 Å². The van der Waals surface area contributed by atoms with Crippen LogP contribution in [0, 0.1) is 5.82 Å². The molecule has 2 nitrogen and oxygen atoms in total. The molecule has 2 aromatic carbocycles. The molecule has 1 aliphatic carbocycles. The van der Waals surface area contributed by atoms with Crippen LogP contribution in [0.15, 0.2) is 60.0 Å². The number of hydrogen-bond acceptors (Lipinski definition) is 2. The molecule has 0 aliphatic heterocycles. The number of amides is 1. The van der Waals surface area contributed by atoms with Crippen molar-refractivity contribution in [2.24, 2.45) is 0 Å². The number of hydrogen-bond donors (Lipinski definition) is 1. The Kier molecular flexibility index (Phi) is 3.90. The minimum Gasteiger partial charge on any atom is -0.344 e. The Bertz CT molecular complexity index is 885. The van der Waals surface area contributed by atoms with E-state index in [9.17, 15) is 9.18 Å². The average molecular weight is 337 g/mol. The number of halogens is 1. The Hall–Kier alpha value is -2.46. The standard InChI is InChI=1S/C20H16FNOS/c21-15-8-5-14(6-9-15)17-11-12-24-19(17)20(23)22-18-10-7-13-3-1-2-4-16(13)18/h1-6,8-9,11-12,18H,7,10H2,(H,22,23)/t18-/m0/s1. The van der Waals surface area contributed by atoms with Crippen molar-refractivity contribution in [3.05, 3.63) is 81.8 Å². The summed E-state index contributed by atoms with van der Waals surface area (Å²) in [5.41, 5.74) is 4.23. The molecule has 1 atom stereocenters. The highest BCUT2D eigenvalue weighted by atomic mass is 32.1. The van der Waals surface area contributed by atoms with E-state index in [0.717, 1.165) is 24.0 Å². The molecule has 0 spiro atoms. The van der Waals surface area contributed by atoms with E-state index in [0.29, 0.717) is 4.88 Å².